The molecule has 1 saturated heterocycles. The molecule has 0 radical (unpaired) electrons. The molecule has 1 N–H and O–H groups in total. The number of nitrogens with one attached hydrogen (secondary N) is 1. The second-order valence-corrected chi connectivity index (χ2v) is 6.98. The summed E-state index contributed by atoms with van der Waals surface area (Å²) in [4.78, 5) is 17.0. The van der Waals surface area contributed by atoms with Crippen LogP contribution in [0.4, 0.5) is 5.69 Å². The zero-order chi connectivity index (χ0) is 16.9. The van der Waals surface area contributed by atoms with E-state index >= 15 is 0 Å². The van der Waals surface area contributed by atoms with Gasteiger partial charge in [0, 0.05) is 36.3 Å². The SMILES string of the molecule is C[C@H](C(=O)Nc1ccc(Br)cc1)N1CCN(Cc2ccco2)CC1. The quantitative estimate of drug-likeness (QED) is 0.849. The molecule has 1 aromatic heterocycles. The van der Waals surface area contributed by atoms with Crippen molar-refractivity contribution >= 4 is 27.5 Å². The second kappa shape index (κ2) is 7.96. The van der Waals surface area contributed by atoms with Gasteiger partial charge < -0.3 is 9.73 Å². The van der Waals surface area contributed by atoms with Crippen LogP contribution in [0.5, 0.6) is 0 Å². The first-order valence-electron chi connectivity index (χ1n) is 8.17. The van der Waals surface area contributed by atoms with Crippen molar-refractivity contribution in [1.29, 1.82) is 0 Å². The van der Waals surface area contributed by atoms with Crippen LogP contribution in [-0.4, -0.2) is 47.9 Å². The van der Waals surface area contributed by atoms with Gasteiger partial charge in [-0.3, -0.25) is 14.6 Å². The fourth-order valence-corrected chi connectivity index (χ4v) is 3.14. The van der Waals surface area contributed by atoms with Crippen LogP contribution in [0.15, 0.2) is 51.6 Å². The zero-order valence-electron chi connectivity index (χ0n) is 13.7. The van der Waals surface area contributed by atoms with Gasteiger partial charge in [-0.15, -0.1) is 0 Å². The number of nitrogens with zero attached hydrogens (tertiary/aromatic N) is 2. The van der Waals surface area contributed by atoms with Crippen molar-refractivity contribution in [3.63, 3.8) is 0 Å². The maximum absolute atomic E-state index is 12.4. The monoisotopic (exact) mass is 391 g/mol. The van der Waals surface area contributed by atoms with Crippen molar-refractivity contribution in [3.8, 4) is 0 Å². The number of halogens is 1. The number of amides is 1. The highest BCUT2D eigenvalue weighted by Crippen LogP contribution is 2.16. The van der Waals surface area contributed by atoms with Gasteiger partial charge >= 0.3 is 0 Å². The Hall–Kier alpha value is -1.63. The molecule has 1 aromatic carbocycles. The average Bonchev–Trinajstić information content (AvgIpc) is 3.10. The molecule has 0 aliphatic carbocycles. The molecule has 2 aromatic rings. The van der Waals surface area contributed by atoms with E-state index in [0.717, 1.165) is 48.6 Å². The van der Waals surface area contributed by atoms with Gasteiger partial charge in [0.25, 0.3) is 0 Å². The number of piperazine rings is 1. The number of carbonyl (C=O) groups excluding carboxylic acids is 1. The molecule has 0 spiro atoms. The van der Waals surface area contributed by atoms with Gasteiger partial charge in [0.15, 0.2) is 0 Å². The Balaban J connectivity index is 1.48. The fourth-order valence-electron chi connectivity index (χ4n) is 2.88. The lowest BCUT2D eigenvalue weighted by atomic mass is 10.2. The molecular weight excluding hydrogens is 370 g/mol. The number of carbonyl (C=O) groups is 1. The number of rotatable bonds is 5. The summed E-state index contributed by atoms with van der Waals surface area (Å²) in [6.07, 6.45) is 1.71. The molecule has 3 rings (SSSR count). The smallest absolute Gasteiger partial charge is 0.241 e. The minimum Gasteiger partial charge on any atom is -0.468 e. The molecule has 1 fully saturated rings. The summed E-state index contributed by atoms with van der Waals surface area (Å²) in [5, 5.41) is 2.98. The number of furan rings is 1. The summed E-state index contributed by atoms with van der Waals surface area (Å²) in [6, 6.07) is 11.4. The van der Waals surface area contributed by atoms with E-state index in [1.54, 1.807) is 6.26 Å². The lowest BCUT2D eigenvalue weighted by Crippen LogP contribution is -2.52. The molecule has 6 heteroatoms. The maximum atomic E-state index is 12.4. The van der Waals surface area contributed by atoms with Crippen molar-refractivity contribution in [2.75, 3.05) is 31.5 Å². The van der Waals surface area contributed by atoms with Crippen LogP contribution in [-0.2, 0) is 11.3 Å². The largest absolute Gasteiger partial charge is 0.468 e. The van der Waals surface area contributed by atoms with E-state index < -0.39 is 0 Å². The standard InChI is InChI=1S/C18H22BrN3O2/c1-14(18(23)20-16-6-4-15(19)5-7-16)22-10-8-21(9-11-22)13-17-3-2-12-24-17/h2-7,12,14H,8-11,13H2,1H3,(H,20,23)/t14-/m1/s1. The molecule has 1 aliphatic heterocycles. The first kappa shape index (κ1) is 17.2. The summed E-state index contributed by atoms with van der Waals surface area (Å²) < 4.78 is 6.40. The zero-order valence-corrected chi connectivity index (χ0v) is 15.3. The van der Waals surface area contributed by atoms with Crippen LogP contribution in [0, 0.1) is 0 Å². The minimum absolute atomic E-state index is 0.0387. The number of benzene rings is 1. The van der Waals surface area contributed by atoms with Crippen LogP contribution in [0.3, 0.4) is 0 Å². The predicted octanol–water partition coefficient (Wildman–Crippen LogP) is 3.19. The summed E-state index contributed by atoms with van der Waals surface area (Å²) in [5.74, 6) is 1.03. The van der Waals surface area contributed by atoms with Gasteiger partial charge in [-0.1, -0.05) is 15.9 Å². The molecule has 1 atom stereocenters. The molecule has 1 aliphatic rings. The lowest BCUT2D eigenvalue weighted by molar-refractivity contribution is -0.121. The Kier molecular flexibility index (Phi) is 5.71. The van der Waals surface area contributed by atoms with Crippen LogP contribution in [0.2, 0.25) is 0 Å². The molecule has 5 nitrogen and oxygen atoms in total. The van der Waals surface area contributed by atoms with Crippen molar-refractivity contribution < 1.29 is 9.21 Å². The Morgan fingerprint density at radius 1 is 1.21 bits per heavy atom. The Labute approximate surface area is 150 Å². The fraction of sp³-hybridized carbons (Fsp3) is 0.389. The van der Waals surface area contributed by atoms with Crippen LogP contribution >= 0.6 is 15.9 Å². The van der Waals surface area contributed by atoms with Crippen molar-refractivity contribution in [2.45, 2.75) is 19.5 Å². The van der Waals surface area contributed by atoms with Crippen LogP contribution in [0.25, 0.3) is 0 Å². The van der Waals surface area contributed by atoms with Gasteiger partial charge in [0.05, 0.1) is 18.8 Å². The highest BCUT2D eigenvalue weighted by Gasteiger charge is 2.25. The third-order valence-electron chi connectivity index (χ3n) is 4.41. The summed E-state index contributed by atoms with van der Waals surface area (Å²) in [7, 11) is 0. The first-order valence-corrected chi connectivity index (χ1v) is 8.96. The third-order valence-corrected chi connectivity index (χ3v) is 4.93. The third kappa shape index (κ3) is 4.47. The van der Waals surface area contributed by atoms with E-state index in [9.17, 15) is 4.79 Å². The topological polar surface area (TPSA) is 48.7 Å². The Morgan fingerprint density at radius 3 is 2.54 bits per heavy atom. The summed E-state index contributed by atoms with van der Waals surface area (Å²) in [5.41, 5.74) is 0.825. The van der Waals surface area contributed by atoms with Crippen molar-refractivity contribution in [2.24, 2.45) is 0 Å². The van der Waals surface area contributed by atoms with Gasteiger partial charge in [0.1, 0.15) is 5.76 Å². The number of anilines is 1. The normalized spacial score (nSPS) is 17.6. The molecule has 24 heavy (non-hydrogen) atoms. The molecule has 2 heterocycles. The van der Waals surface area contributed by atoms with E-state index in [4.69, 9.17) is 4.42 Å². The molecule has 128 valence electrons. The van der Waals surface area contributed by atoms with Gasteiger partial charge in [0.2, 0.25) is 5.91 Å². The molecular formula is C18H22BrN3O2. The minimum atomic E-state index is -0.139. The van der Waals surface area contributed by atoms with Gasteiger partial charge in [-0.2, -0.15) is 0 Å². The first-order chi connectivity index (χ1) is 11.6. The summed E-state index contributed by atoms with van der Waals surface area (Å²) >= 11 is 3.40. The average molecular weight is 392 g/mol. The molecule has 1 amide bonds. The number of hydrogen-bond donors (Lipinski definition) is 1. The van der Waals surface area contributed by atoms with E-state index in [1.165, 1.54) is 0 Å². The molecule has 0 saturated carbocycles. The second-order valence-electron chi connectivity index (χ2n) is 6.06. The highest BCUT2D eigenvalue weighted by atomic mass is 79.9. The molecule has 0 unspecified atom stereocenters. The van der Waals surface area contributed by atoms with Crippen LogP contribution < -0.4 is 5.32 Å². The summed E-state index contributed by atoms with van der Waals surface area (Å²) in [6.45, 7) is 6.45. The van der Waals surface area contributed by atoms with Gasteiger partial charge in [-0.25, -0.2) is 0 Å². The van der Waals surface area contributed by atoms with E-state index in [0.29, 0.717) is 0 Å². The van der Waals surface area contributed by atoms with Crippen molar-refractivity contribution in [3.05, 3.63) is 52.9 Å². The van der Waals surface area contributed by atoms with Gasteiger partial charge in [-0.05, 0) is 43.3 Å². The Morgan fingerprint density at radius 2 is 1.92 bits per heavy atom. The van der Waals surface area contributed by atoms with E-state index in [-0.39, 0.29) is 11.9 Å². The predicted molar refractivity (Wildman–Crippen MR) is 97.8 cm³/mol. The van der Waals surface area contributed by atoms with E-state index in [2.05, 4.69) is 31.0 Å². The van der Waals surface area contributed by atoms with E-state index in [1.807, 2.05) is 43.3 Å². The lowest BCUT2D eigenvalue weighted by Gasteiger charge is -2.37. The Bertz CT molecular complexity index is 649. The highest BCUT2D eigenvalue weighted by molar-refractivity contribution is 9.10. The molecule has 0 bridgehead atoms. The van der Waals surface area contributed by atoms with Crippen molar-refractivity contribution in [1.82, 2.24) is 9.80 Å². The maximum Gasteiger partial charge on any atom is 0.241 e. The number of hydrogen-bond acceptors (Lipinski definition) is 4. The van der Waals surface area contributed by atoms with Crippen LogP contribution in [0.1, 0.15) is 12.7 Å².